The van der Waals surface area contributed by atoms with E-state index >= 15 is 0 Å². The zero-order valence-corrected chi connectivity index (χ0v) is 6.66. The zero-order valence-electron chi connectivity index (χ0n) is 6.66. The average Bonchev–Trinajstić information content (AvgIpc) is 2.60. The Morgan fingerprint density at radius 3 is 2.82 bits per heavy atom. The van der Waals surface area contributed by atoms with Crippen LogP contribution in [0.3, 0.4) is 0 Å². The van der Waals surface area contributed by atoms with E-state index in [1.807, 2.05) is 0 Å². The lowest BCUT2D eigenvalue weighted by Crippen LogP contribution is -2.27. The smallest absolute Gasteiger partial charge is 0.307 e. The molecule has 1 N–H and O–H groups in total. The van der Waals surface area contributed by atoms with Crippen molar-refractivity contribution in [3.8, 4) is 0 Å². The molecular formula is C8H13NO2. The van der Waals surface area contributed by atoms with Crippen molar-refractivity contribution in [2.45, 2.75) is 6.42 Å². The molecule has 11 heavy (non-hydrogen) atoms. The summed E-state index contributed by atoms with van der Waals surface area (Å²) in [6.45, 7) is 2.06. The summed E-state index contributed by atoms with van der Waals surface area (Å²) < 4.78 is 0. The molecule has 0 radical (unpaired) electrons. The molecule has 0 unspecified atom stereocenters. The molecule has 2 rings (SSSR count). The summed E-state index contributed by atoms with van der Waals surface area (Å²) in [5.74, 6) is 0.366. The molecule has 1 heterocycles. The summed E-state index contributed by atoms with van der Waals surface area (Å²) in [7, 11) is 2.06. The quantitative estimate of drug-likeness (QED) is 0.591. The fourth-order valence-electron chi connectivity index (χ4n) is 2.27. The molecule has 62 valence electrons. The van der Waals surface area contributed by atoms with Gasteiger partial charge in [-0.3, -0.25) is 4.79 Å². The van der Waals surface area contributed by atoms with Crippen LogP contribution in [0, 0.1) is 17.8 Å². The average molecular weight is 155 g/mol. The molecule has 0 aromatic heterocycles. The highest BCUT2D eigenvalue weighted by Gasteiger charge is 2.56. The highest BCUT2D eigenvalue weighted by Crippen LogP contribution is 2.51. The van der Waals surface area contributed by atoms with E-state index in [1.165, 1.54) is 0 Å². The number of nitrogens with zero attached hydrogens (tertiary/aromatic N) is 1. The van der Waals surface area contributed by atoms with Gasteiger partial charge in [0.1, 0.15) is 0 Å². The normalized spacial score (nSPS) is 43.2. The van der Waals surface area contributed by atoms with Crippen LogP contribution < -0.4 is 0 Å². The van der Waals surface area contributed by atoms with Crippen LogP contribution in [0.4, 0.5) is 0 Å². The summed E-state index contributed by atoms with van der Waals surface area (Å²) in [5.41, 5.74) is 0. The number of hydrogen-bond acceptors (Lipinski definition) is 2. The Morgan fingerprint density at radius 1 is 1.55 bits per heavy atom. The molecule has 0 amide bonds. The largest absolute Gasteiger partial charge is 0.481 e. The topological polar surface area (TPSA) is 40.5 Å². The third-order valence-corrected chi connectivity index (χ3v) is 2.98. The molecule has 0 bridgehead atoms. The van der Waals surface area contributed by atoms with E-state index in [1.54, 1.807) is 0 Å². The van der Waals surface area contributed by atoms with Gasteiger partial charge < -0.3 is 10.0 Å². The molecule has 0 aromatic carbocycles. The number of likely N-dealkylation sites (tertiary alicyclic amines) is 1. The Labute approximate surface area is 66.0 Å². The molecule has 2 fully saturated rings. The van der Waals surface area contributed by atoms with E-state index in [9.17, 15) is 4.79 Å². The van der Waals surface area contributed by atoms with Gasteiger partial charge in [0.25, 0.3) is 0 Å². The monoisotopic (exact) mass is 155 g/mol. The maximum Gasteiger partial charge on any atom is 0.307 e. The molecular weight excluding hydrogens is 142 g/mol. The number of carboxylic acids is 1. The minimum absolute atomic E-state index is 0.0139. The van der Waals surface area contributed by atoms with Gasteiger partial charge in [-0.2, -0.15) is 0 Å². The minimum atomic E-state index is -0.588. The Balaban J connectivity index is 1.98. The van der Waals surface area contributed by atoms with Gasteiger partial charge in [-0.25, -0.2) is 0 Å². The molecule has 1 aliphatic carbocycles. The number of piperidine rings is 1. The fraction of sp³-hybridized carbons (Fsp3) is 0.875. The van der Waals surface area contributed by atoms with Crippen molar-refractivity contribution in [3.05, 3.63) is 0 Å². The van der Waals surface area contributed by atoms with Crippen LogP contribution in [0.5, 0.6) is 0 Å². The lowest BCUT2D eigenvalue weighted by atomic mass is 10.1. The lowest BCUT2D eigenvalue weighted by Gasteiger charge is -2.20. The van der Waals surface area contributed by atoms with E-state index in [2.05, 4.69) is 11.9 Å². The predicted molar refractivity (Wildman–Crippen MR) is 40.2 cm³/mol. The Morgan fingerprint density at radius 2 is 2.27 bits per heavy atom. The predicted octanol–water partition coefficient (Wildman–Crippen LogP) is 0.269. The minimum Gasteiger partial charge on any atom is -0.481 e. The second kappa shape index (κ2) is 2.21. The van der Waals surface area contributed by atoms with Crippen molar-refractivity contribution < 1.29 is 9.90 Å². The van der Waals surface area contributed by atoms with Crippen LogP contribution in [0.1, 0.15) is 6.42 Å². The molecule has 1 aliphatic heterocycles. The van der Waals surface area contributed by atoms with Gasteiger partial charge in [0.2, 0.25) is 0 Å². The van der Waals surface area contributed by atoms with E-state index in [0.717, 1.165) is 19.5 Å². The molecule has 1 saturated heterocycles. The van der Waals surface area contributed by atoms with Gasteiger partial charge in [0.15, 0.2) is 0 Å². The number of carboxylic acid groups (broad SMARTS) is 1. The third-order valence-electron chi connectivity index (χ3n) is 2.98. The van der Waals surface area contributed by atoms with E-state index < -0.39 is 5.97 Å². The molecule has 0 aromatic rings. The third kappa shape index (κ3) is 1.03. The van der Waals surface area contributed by atoms with Gasteiger partial charge in [0, 0.05) is 6.54 Å². The van der Waals surface area contributed by atoms with Gasteiger partial charge in [-0.15, -0.1) is 0 Å². The molecule has 3 atom stereocenters. The fourth-order valence-corrected chi connectivity index (χ4v) is 2.27. The second-order valence-corrected chi connectivity index (χ2v) is 3.74. The maximum absolute atomic E-state index is 10.6. The first-order chi connectivity index (χ1) is 5.20. The Hall–Kier alpha value is -0.570. The standard InChI is InChI=1S/C8H13NO2/c1-9-3-2-5-6(4-9)7(5)8(10)11/h5-7H,2-4H2,1H3,(H,10,11)/t5-,6+,7+/m0/s1. The van der Waals surface area contributed by atoms with Crippen LogP contribution in [0.25, 0.3) is 0 Å². The van der Waals surface area contributed by atoms with Gasteiger partial charge in [-0.05, 0) is 31.8 Å². The van der Waals surface area contributed by atoms with Crippen LogP contribution >= 0.6 is 0 Å². The van der Waals surface area contributed by atoms with Crippen molar-refractivity contribution in [1.82, 2.24) is 4.90 Å². The first-order valence-electron chi connectivity index (χ1n) is 4.11. The highest BCUT2D eigenvalue weighted by atomic mass is 16.4. The molecule has 1 saturated carbocycles. The van der Waals surface area contributed by atoms with E-state index in [-0.39, 0.29) is 5.92 Å². The highest BCUT2D eigenvalue weighted by molar-refractivity contribution is 5.74. The lowest BCUT2D eigenvalue weighted by molar-refractivity contribution is -0.139. The number of aliphatic carboxylic acids is 1. The number of carbonyl (C=O) groups is 1. The van der Waals surface area contributed by atoms with Gasteiger partial charge in [-0.1, -0.05) is 0 Å². The number of rotatable bonds is 1. The van der Waals surface area contributed by atoms with Crippen molar-refractivity contribution in [2.24, 2.45) is 17.8 Å². The van der Waals surface area contributed by atoms with Crippen molar-refractivity contribution in [1.29, 1.82) is 0 Å². The maximum atomic E-state index is 10.6. The molecule has 2 aliphatic rings. The Bertz CT molecular complexity index is 193. The first kappa shape index (κ1) is 7.10. The van der Waals surface area contributed by atoms with Crippen molar-refractivity contribution in [2.75, 3.05) is 20.1 Å². The zero-order chi connectivity index (χ0) is 8.01. The van der Waals surface area contributed by atoms with Crippen LogP contribution in [0.2, 0.25) is 0 Å². The summed E-state index contributed by atoms with van der Waals surface area (Å²) in [4.78, 5) is 12.8. The van der Waals surface area contributed by atoms with Crippen LogP contribution in [0.15, 0.2) is 0 Å². The number of hydrogen-bond donors (Lipinski definition) is 1. The summed E-state index contributed by atoms with van der Waals surface area (Å²) >= 11 is 0. The number of fused-ring (bicyclic) bond motifs is 1. The molecule has 3 heteroatoms. The summed E-state index contributed by atoms with van der Waals surface area (Å²) in [6.07, 6.45) is 1.08. The van der Waals surface area contributed by atoms with Gasteiger partial charge >= 0.3 is 5.97 Å². The molecule has 3 nitrogen and oxygen atoms in total. The second-order valence-electron chi connectivity index (χ2n) is 3.74. The first-order valence-corrected chi connectivity index (χ1v) is 4.11. The van der Waals surface area contributed by atoms with Crippen molar-refractivity contribution >= 4 is 5.97 Å². The van der Waals surface area contributed by atoms with Crippen LogP contribution in [-0.2, 0) is 4.79 Å². The van der Waals surface area contributed by atoms with E-state index in [0.29, 0.717) is 11.8 Å². The SMILES string of the molecule is CN1CC[C@H]2[C@@H](C1)[C@@H]2C(=O)O. The van der Waals surface area contributed by atoms with E-state index in [4.69, 9.17) is 5.11 Å². The molecule has 0 spiro atoms. The summed E-state index contributed by atoms with van der Waals surface area (Å²) in [6, 6.07) is 0. The van der Waals surface area contributed by atoms with Crippen LogP contribution in [-0.4, -0.2) is 36.1 Å². The summed E-state index contributed by atoms with van der Waals surface area (Å²) in [5, 5.41) is 8.75. The Kier molecular flexibility index (Phi) is 1.42. The van der Waals surface area contributed by atoms with Gasteiger partial charge in [0.05, 0.1) is 5.92 Å². The van der Waals surface area contributed by atoms with Crippen molar-refractivity contribution in [3.63, 3.8) is 0 Å².